The van der Waals surface area contributed by atoms with Crippen LogP contribution in [0.5, 0.6) is 0 Å². The van der Waals surface area contributed by atoms with E-state index in [2.05, 4.69) is 10.3 Å². The van der Waals surface area contributed by atoms with Gasteiger partial charge in [-0.15, -0.1) is 0 Å². The molecule has 0 atom stereocenters. The van der Waals surface area contributed by atoms with Crippen LogP contribution >= 0.6 is 11.3 Å². The number of carbonyl (C=O) groups excluding carboxylic acids is 2. The van der Waals surface area contributed by atoms with Crippen LogP contribution in [0.25, 0.3) is 0 Å². The first kappa shape index (κ1) is 14.0. The van der Waals surface area contributed by atoms with Crippen molar-refractivity contribution in [2.24, 2.45) is 5.92 Å². The Morgan fingerprint density at radius 3 is 2.79 bits per heavy atom. The number of nitrogens with one attached hydrogen (secondary N) is 1. The van der Waals surface area contributed by atoms with Crippen LogP contribution in [0.15, 0.2) is 0 Å². The first-order valence-electron chi connectivity index (χ1n) is 6.54. The number of thiazole rings is 1. The largest absolute Gasteiger partial charge is 0.461 e. The van der Waals surface area contributed by atoms with Crippen LogP contribution in [0.2, 0.25) is 0 Å². The molecule has 2 rings (SSSR count). The molecule has 0 spiro atoms. The van der Waals surface area contributed by atoms with E-state index in [0.29, 0.717) is 10.0 Å². The first-order chi connectivity index (χ1) is 9.11. The summed E-state index contributed by atoms with van der Waals surface area (Å²) in [5.74, 6) is 0.152. The van der Waals surface area contributed by atoms with Gasteiger partial charge in [-0.1, -0.05) is 24.2 Å². The van der Waals surface area contributed by atoms with Gasteiger partial charge in [0.25, 0.3) is 0 Å². The molecule has 0 saturated heterocycles. The monoisotopic (exact) mass is 282 g/mol. The van der Waals surface area contributed by atoms with Crippen LogP contribution < -0.4 is 5.32 Å². The maximum atomic E-state index is 11.7. The van der Waals surface area contributed by atoms with Crippen molar-refractivity contribution in [3.05, 3.63) is 10.6 Å². The van der Waals surface area contributed by atoms with Crippen molar-refractivity contribution < 1.29 is 14.3 Å². The predicted molar refractivity (Wildman–Crippen MR) is 73.9 cm³/mol. The molecule has 1 heterocycles. The number of ketones is 1. The summed E-state index contributed by atoms with van der Waals surface area (Å²) in [4.78, 5) is 27.8. The zero-order valence-corrected chi connectivity index (χ0v) is 12.0. The zero-order chi connectivity index (χ0) is 13.8. The van der Waals surface area contributed by atoms with Crippen LogP contribution in [-0.4, -0.2) is 29.9 Å². The summed E-state index contributed by atoms with van der Waals surface area (Å²) >= 11 is 1.22. The maximum absolute atomic E-state index is 11.7. The first-order valence-corrected chi connectivity index (χ1v) is 7.36. The van der Waals surface area contributed by atoms with Gasteiger partial charge in [0, 0.05) is 13.5 Å². The molecule has 0 radical (unpaired) electrons. The third kappa shape index (κ3) is 3.76. The van der Waals surface area contributed by atoms with E-state index in [9.17, 15) is 9.59 Å². The highest BCUT2D eigenvalue weighted by molar-refractivity contribution is 7.17. The summed E-state index contributed by atoms with van der Waals surface area (Å²) in [6.45, 7) is 4.27. The Kier molecular flexibility index (Phi) is 4.52. The molecule has 1 aromatic heterocycles. The van der Waals surface area contributed by atoms with Gasteiger partial charge in [-0.05, 0) is 19.3 Å². The number of anilines is 1. The predicted octanol–water partition coefficient (Wildman–Crippen LogP) is 2.73. The van der Waals surface area contributed by atoms with Crippen molar-refractivity contribution in [3.63, 3.8) is 0 Å². The van der Waals surface area contributed by atoms with E-state index in [1.807, 2.05) is 0 Å². The Hall–Kier alpha value is -1.43. The number of rotatable bonds is 7. The van der Waals surface area contributed by atoms with Crippen molar-refractivity contribution in [1.82, 2.24) is 4.98 Å². The van der Waals surface area contributed by atoms with E-state index in [1.165, 1.54) is 31.1 Å². The lowest BCUT2D eigenvalue weighted by molar-refractivity contribution is 0.0517. The van der Waals surface area contributed by atoms with E-state index in [1.54, 1.807) is 6.92 Å². The molecule has 1 aromatic rings. The summed E-state index contributed by atoms with van der Waals surface area (Å²) in [5, 5.41) is 3.80. The third-order valence-corrected chi connectivity index (χ3v) is 4.06. The average molecular weight is 282 g/mol. The number of hydrogen-bond acceptors (Lipinski definition) is 6. The van der Waals surface area contributed by atoms with E-state index in [-0.39, 0.29) is 18.1 Å². The molecule has 1 fully saturated rings. The van der Waals surface area contributed by atoms with Crippen molar-refractivity contribution in [2.75, 3.05) is 18.5 Å². The zero-order valence-electron chi connectivity index (χ0n) is 11.2. The lowest BCUT2D eigenvalue weighted by atomic mass is 10.3. The van der Waals surface area contributed by atoms with E-state index in [0.717, 1.165) is 18.9 Å². The van der Waals surface area contributed by atoms with Crippen LogP contribution in [0.1, 0.15) is 53.3 Å². The Morgan fingerprint density at radius 2 is 2.21 bits per heavy atom. The number of Topliss-reactive ketones (excluding diaryl/α,β-unsaturated/α-hetero) is 1. The standard InChI is InChI=1S/C13H18N2O3S/c1-3-18-12(17)10-11(8(2)16)19-13(15-10)14-7-6-9-4-5-9/h9H,3-7H2,1-2H3,(H,14,15). The number of ether oxygens (including phenoxy) is 1. The molecular formula is C13H18N2O3S. The van der Waals surface area contributed by atoms with E-state index in [4.69, 9.17) is 4.74 Å². The van der Waals surface area contributed by atoms with Gasteiger partial charge >= 0.3 is 5.97 Å². The molecule has 0 aliphatic heterocycles. The highest BCUT2D eigenvalue weighted by Crippen LogP contribution is 2.32. The lowest BCUT2D eigenvalue weighted by Gasteiger charge is -2.00. The molecule has 0 amide bonds. The SMILES string of the molecule is CCOC(=O)c1nc(NCCC2CC2)sc1C(C)=O. The van der Waals surface area contributed by atoms with Crippen LogP contribution in [-0.2, 0) is 4.74 Å². The van der Waals surface area contributed by atoms with E-state index < -0.39 is 5.97 Å². The minimum Gasteiger partial charge on any atom is -0.461 e. The molecule has 1 aliphatic carbocycles. The normalized spacial score (nSPS) is 14.2. The quantitative estimate of drug-likeness (QED) is 0.615. The minimum atomic E-state index is -0.529. The number of aromatic nitrogens is 1. The second-order valence-corrected chi connectivity index (χ2v) is 5.63. The fourth-order valence-corrected chi connectivity index (χ4v) is 2.64. The summed E-state index contributed by atoms with van der Waals surface area (Å²) in [6, 6.07) is 0. The second kappa shape index (κ2) is 6.14. The molecule has 5 nitrogen and oxygen atoms in total. The third-order valence-electron chi connectivity index (χ3n) is 2.94. The second-order valence-electron chi connectivity index (χ2n) is 4.63. The highest BCUT2D eigenvalue weighted by Gasteiger charge is 2.23. The van der Waals surface area contributed by atoms with Crippen LogP contribution in [0, 0.1) is 5.92 Å². The number of esters is 1. The molecule has 1 aliphatic rings. The van der Waals surface area contributed by atoms with Crippen molar-refractivity contribution in [3.8, 4) is 0 Å². The topological polar surface area (TPSA) is 68.3 Å². The van der Waals surface area contributed by atoms with Gasteiger partial charge in [-0.2, -0.15) is 0 Å². The average Bonchev–Trinajstić information content (AvgIpc) is 3.07. The fraction of sp³-hybridized carbons (Fsp3) is 0.615. The fourth-order valence-electron chi connectivity index (χ4n) is 1.76. The number of hydrogen-bond donors (Lipinski definition) is 1. The smallest absolute Gasteiger partial charge is 0.358 e. The molecule has 0 aromatic carbocycles. The van der Waals surface area contributed by atoms with E-state index >= 15 is 0 Å². The van der Waals surface area contributed by atoms with Crippen LogP contribution in [0.4, 0.5) is 5.13 Å². The van der Waals surface area contributed by atoms with Gasteiger partial charge in [-0.25, -0.2) is 9.78 Å². The van der Waals surface area contributed by atoms with Gasteiger partial charge in [0.2, 0.25) is 0 Å². The summed E-state index contributed by atoms with van der Waals surface area (Å²) in [7, 11) is 0. The van der Waals surface area contributed by atoms with Gasteiger partial charge in [0.15, 0.2) is 16.6 Å². The molecular weight excluding hydrogens is 264 g/mol. The highest BCUT2D eigenvalue weighted by atomic mass is 32.1. The summed E-state index contributed by atoms with van der Waals surface area (Å²) in [5.41, 5.74) is 0.133. The Labute approximate surface area is 116 Å². The Morgan fingerprint density at radius 1 is 1.47 bits per heavy atom. The maximum Gasteiger partial charge on any atom is 0.358 e. The molecule has 6 heteroatoms. The number of carbonyl (C=O) groups is 2. The summed E-state index contributed by atoms with van der Waals surface area (Å²) in [6.07, 6.45) is 3.74. The minimum absolute atomic E-state index is 0.133. The lowest BCUT2D eigenvalue weighted by Crippen LogP contribution is -2.09. The Balaban J connectivity index is 2.04. The van der Waals surface area contributed by atoms with Crippen molar-refractivity contribution in [2.45, 2.75) is 33.1 Å². The van der Waals surface area contributed by atoms with Crippen molar-refractivity contribution in [1.29, 1.82) is 0 Å². The van der Waals surface area contributed by atoms with Crippen molar-refractivity contribution >= 4 is 28.2 Å². The van der Waals surface area contributed by atoms with Gasteiger partial charge in [-0.3, -0.25) is 4.79 Å². The molecule has 0 unspecified atom stereocenters. The van der Waals surface area contributed by atoms with Gasteiger partial charge in [0.1, 0.15) is 4.88 Å². The van der Waals surface area contributed by atoms with Crippen LogP contribution in [0.3, 0.4) is 0 Å². The van der Waals surface area contributed by atoms with Gasteiger partial charge in [0.05, 0.1) is 6.61 Å². The van der Waals surface area contributed by atoms with Gasteiger partial charge < -0.3 is 10.1 Å². The Bertz CT molecular complexity index is 480. The molecule has 1 N–H and O–H groups in total. The molecule has 104 valence electrons. The molecule has 19 heavy (non-hydrogen) atoms. The summed E-state index contributed by atoms with van der Waals surface area (Å²) < 4.78 is 4.91. The molecule has 1 saturated carbocycles. The molecule has 0 bridgehead atoms. The number of nitrogens with zero attached hydrogens (tertiary/aromatic N) is 1.